The summed E-state index contributed by atoms with van der Waals surface area (Å²) < 4.78 is 5.54. The quantitative estimate of drug-likeness (QED) is 0.860. The first-order valence-corrected chi connectivity index (χ1v) is 7.39. The van der Waals surface area contributed by atoms with Gasteiger partial charge in [-0.05, 0) is 49.2 Å². The molecule has 2 aromatic rings. The molecule has 116 valence electrons. The summed E-state index contributed by atoms with van der Waals surface area (Å²) in [6.07, 6.45) is 0.205. The summed E-state index contributed by atoms with van der Waals surface area (Å²) in [5, 5.41) is 2.88. The molecule has 0 atom stereocenters. The van der Waals surface area contributed by atoms with Crippen LogP contribution in [0.5, 0.6) is 0 Å². The highest BCUT2D eigenvalue weighted by molar-refractivity contribution is 6.04. The second-order valence-electron chi connectivity index (χ2n) is 5.41. The van der Waals surface area contributed by atoms with Crippen molar-refractivity contribution in [1.82, 2.24) is 0 Å². The zero-order valence-electron chi connectivity index (χ0n) is 13.0. The Kier molecular flexibility index (Phi) is 5.69. The molecule has 0 heterocycles. The Morgan fingerprint density at radius 1 is 1.05 bits per heavy atom. The average molecular weight is 298 g/mol. The zero-order valence-corrected chi connectivity index (χ0v) is 13.0. The van der Waals surface area contributed by atoms with Crippen molar-refractivity contribution < 1.29 is 9.53 Å². The van der Waals surface area contributed by atoms with Crippen LogP contribution in [0.1, 0.15) is 35.3 Å². The van der Waals surface area contributed by atoms with E-state index < -0.39 is 0 Å². The van der Waals surface area contributed by atoms with Crippen molar-refractivity contribution >= 4 is 11.6 Å². The molecule has 0 fully saturated rings. The van der Waals surface area contributed by atoms with Gasteiger partial charge in [0.05, 0.1) is 12.7 Å². The third kappa shape index (κ3) is 4.69. The molecule has 0 aliphatic rings. The molecule has 1 amide bonds. The first-order chi connectivity index (χ1) is 10.6. The number of carbonyl (C=O) groups is 1. The van der Waals surface area contributed by atoms with Crippen molar-refractivity contribution in [3.63, 3.8) is 0 Å². The first-order valence-electron chi connectivity index (χ1n) is 7.39. The third-order valence-corrected chi connectivity index (χ3v) is 3.25. The Labute approximate surface area is 131 Å². The average Bonchev–Trinajstić information content (AvgIpc) is 2.54. The number of hydrogen-bond acceptors (Lipinski definition) is 3. The van der Waals surface area contributed by atoms with E-state index in [1.807, 2.05) is 50.2 Å². The monoisotopic (exact) mass is 298 g/mol. The summed E-state index contributed by atoms with van der Waals surface area (Å²) >= 11 is 0. The summed E-state index contributed by atoms with van der Waals surface area (Å²) in [4.78, 5) is 12.1. The van der Waals surface area contributed by atoms with E-state index in [4.69, 9.17) is 10.5 Å². The molecule has 0 bridgehead atoms. The Hall–Kier alpha value is -2.17. The SMILES string of the molecule is CC(C)OCc1ccc(NC(=O)c2ccc(CN)cc2)cc1. The molecule has 0 spiro atoms. The van der Waals surface area contributed by atoms with Crippen molar-refractivity contribution in [2.24, 2.45) is 5.73 Å². The number of benzene rings is 2. The van der Waals surface area contributed by atoms with Gasteiger partial charge in [-0.3, -0.25) is 4.79 Å². The Morgan fingerprint density at radius 3 is 2.18 bits per heavy atom. The van der Waals surface area contributed by atoms with Gasteiger partial charge in [-0.2, -0.15) is 0 Å². The summed E-state index contributed by atoms with van der Waals surface area (Å²) in [6.45, 7) is 5.06. The van der Waals surface area contributed by atoms with Crippen LogP contribution >= 0.6 is 0 Å². The first kappa shape index (κ1) is 16.2. The van der Waals surface area contributed by atoms with Gasteiger partial charge in [0, 0.05) is 17.8 Å². The maximum absolute atomic E-state index is 12.1. The van der Waals surface area contributed by atoms with Crippen LogP contribution in [0.15, 0.2) is 48.5 Å². The van der Waals surface area contributed by atoms with E-state index in [1.54, 1.807) is 12.1 Å². The largest absolute Gasteiger partial charge is 0.374 e. The lowest BCUT2D eigenvalue weighted by Gasteiger charge is -2.09. The second kappa shape index (κ2) is 7.73. The Bertz CT molecular complexity index is 604. The highest BCUT2D eigenvalue weighted by Gasteiger charge is 2.06. The molecule has 22 heavy (non-hydrogen) atoms. The minimum atomic E-state index is -0.130. The molecule has 0 unspecified atom stereocenters. The molecule has 2 aromatic carbocycles. The molecule has 0 aromatic heterocycles. The van der Waals surface area contributed by atoms with E-state index in [0.29, 0.717) is 18.7 Å². The molecule has 0 saturated heterocycles. The van der Waals surface area contributed by atoms with Crippen LogP contribution in [0.25, 0.3) is 0 Å². The number of nitrogens with two attached hydrogens (primary N) is 1. The lowest BCUT2D eigenvalue weighted by atomic mass is 10.1. The molecule has 0 saturated carbocycles. The van der Waals surface area contributed by atoms with E-state index in [9.17, 15) is 4.79 Å². The van der Waals surface area contributed by atoms with Crippen molar-refractivity contribution in [3.8, 4) is 0 Å². The minimum absolute atomic E-state index is 0.130. The van der Waals surface area contributed by atoms with Crippen LogP contribution in [0.2, 0.25) is 0 Å². The van der Waals surface area contributed by atoms with E-state index in [1.165, 1.54) is 0 Å². The number of anilines is 1. The Morgan fingerprint density at radius 2 is 1.64 bits per heavy atom. The van der Waals surface area contributed by atoms with Gasteiger partial charge in [0.15, 0.2) is 0 Å². The number of amides is 1. The number of nitrogens with one attached hydrogen (secondary N) is 1. The molecule has 0 aliphatic heterocycles. The minimum Gasteiger partial charge on any atom is -0.374 e. The van der Waals surface area contributed by atoms with Gasteiger partial charge < -0.3 is 15.8 Å². The highest BCUT2D eigenvalue weighted by Crippen LogP contribution is 2.13. The molecular formula is C18H22N2O2. The van der Waals surface area contributed by atoms with Crippen molar-refractivity contribution in [2.45, 2.75) is 33.1 Å². The fourth-order valence-electron chi connectivity index (χ4n) is 1.94. The lowest BCUT2D eigenvalue weighted by molar-refractivity contribution is 0.0657. The van der Waals surface area contributed by atoms with Crippen molar-refractivity contribution in [2.75, 3.05) is 5.32 Å². The number of ether oxygens (including phenoxy) is 1. The van der Waals surface area contributed by atoms with Crippen LogP contribution < -0.4 is 11.1 Å². The van der Waals surface area contributed by atoms with Crippen LogP contribution in [-0.4, -0.2) is 12.0 Å². The smallest absolute Gasteiger partial charge is 0.255 e. The topological polar surface area (TPSA) is 64.3 Å². The normalized spacial score (nSPS) is 10.7. The zero-order chi connectivity index (χ0) is 15.9. The summed E-state index contributed by atoms with van der Waals surface area (Å²) in [6, 6.07) is 15.0. The highest BCUT2D eigenvalue weighted by atomic mass is 16.5. The maximum Gasteiger partial charge on any atom is 0.255 e. The summed E-state index contributed by atoms with van der Waals surface area (Å²) in [7, 11) is 0. The predicted molar refractivity (Wildman–Crippen MR) is 88.7 cm³/mol. The van der Waals surface area contributed by atoms with Gasteiger partial charge in [-0.1, -0.05) is 24.3 Å². The lowest BCUT2D eigenvalue weighted by Crippen LogP contribution is -2.12. The predicted octanol–water partition coefficient (Wildman–Crippen LogP) is 3.32. The Balaban J connectivity index is 1.96. The van der Waals surface area contributed by atoms with E-state index in [2.05, 4.69) is 5.32 Å². The van der Waals surface area contributed by atoms with E-state index in [-0.39, 0.29) is 12.0 Å². The van der Waals surface area contributed by atoms with E-state index in [0.717, 1.165) is 16.8 Å². The number of carbonyl (C=O) groups excluding carboxylic acids is 1. The second-order valence-corrected chi connectivity index (χ2v) is 5.41. The van der Waals surface area contributed by atoms with Gasteiger partial charge in [0.1, 0.15) is 0 Å². The number of hydrogen-bond donors (Lipinski definition) is 2. The molecule has 2 rings (SSSR count). The van der Waals surface area contributed by atoms with Gasteiger partial charge in [0.2, 0.25) is 0 Å². The molecule has 4 heteroatoms. The molecule has 3 N–H and O–H groups in total. The van der Waals surface area contributed by atoms with Crippen LogP contribution in [0.3, 0.4) is 0 Å². The fraction of sp³-hybridized carbons (Fsp3) is 0.278. The van der Waals surface area contributed by atoms with Crippen LogP contribution in [-0.2, 0) is 17.9 Å². The van der Waals surface area contributed by atoms with Gasteiger partial charge in [-0.25, -0.2) is 0 Å². The molecule has 0 aliphatic carbocycles. The summed E-state index contributed by atoms with van der Waals surface area (Å²) in [5.74, 6) is -0.130. The fourth-order valence-corrected chi connectivity index (χ4v) is 1.94. The van der Waals surface area contributed by atoms with Crippen LogP contribution in [0, 0.1) is 0 Å². The molecule has 4 nitrogen and oxygen atoms in total. The molecule has 0 radical (unpaired) electrons. The van der Waals surface area contributed by atoms with Crippen molar-refractivity contribution in [3.05, 3.63) is 65.2 Å². The van der Waals surface area contributed by atoms with Gasteiger partial charge in [-0.15, -0.1) is 0 Å². The van der Waals surface area contributed by atoms with Crippen molar-refractivity contribution in [1.29, 1.82) is 0 Å². The van der Waals surface area contributed by atoms with E-state index >= 15 is 0 Å². The maximum atomic E-state index is 12.1. The van der Waals surface area contributed by atoms with Gasteiger partial charge >= 0.3 is 0 Å². The van der Waals surface area contributed by atoms with Gasteiger partial charge in [0.25, 0.3) is 5.91 Å². The third-order valence-electron chi connectivity index (χ3n) is 3.25. The summed E-state index contributed by atoms with van der Waals surface area (Å²) in [5.41, 5.74) is 9.01. The number of rotatable bonds is 6. The standard InChI is InChI=1S/C18H22N2O2/c1-13(2)22-12-15-5-9-17(10-6-15)20-18(21)16-7-3-14(11-19)4-8-16/h3-10,13H,11-12,19H2,1-2H3,(H,20,21). The van der Waals surface area contributed by atoms with Crippen LogP contribution in [0.4, 0.5) is 5.69 Å². The molecular weight excluding hydrogens is 276 g/mol.